The van der Waals surface area contributed by atoms with Crippen LogP contribution in [0.2, 0.25) is 0 Å². The molecule has 17 heavy (non-hydrogen) atoms. The Kier molecular flexibility index (Phi) is 3.55. The lowest BCUT2D eigenvalue weighted by molar-refractivity contribution is -0.134. The third-order valence-electron chi connectivity index (χ3n) is 2.53. The van der Waals surface area contributed by atoms with Gasteiger partial charge < -0.3 is 4.74 Å². The SMILES string of the molecule is C=CCCC(=O)Oc1cccc2ccccc12. The molecule has 0 N–H and O–H groups in total. The van der Waals surface area contributed by atoms with Gasteiger partial charge in [0.25, 0.3) is 0 Å². The van der Waals surface area contributed by atoms with E-state index in [1.807, 2.05) is 42.5 Å². The lowest BCUT2D eigenvalue weighted by atomic mass is 10.1. The van der Waals surface area contributed by atoms with Gasteiger partial charge in [-0.05, 0) is 17.9 Å². The van der Waals surface area contributed by atoms with Crippen LogP contribution in [0.3, 0.4) is 0 Å². The van der Waals surface area contributed by atoms with Crippen molar-refractivity contribution in [2.24, 2.45) is 0 Å². The first-order valence-corrected chi connectivity index (χ1v) is 5.60. The number of esters is 1. The van der Waals surface area contributed by atoms with Crippen molar-refractivity contribution in [3.05, 3.63) is 55.1 Å². The highest BCUT2D eigenvalue weighted by Crippen LogP contribution is 2.25. The van der Waals surface area contributed by atoms with Crippen molar-refractivity contribution in [3.63, 3.8) is 0 Å². The van der Waals surface area contributed by atoms with Gasteiger partial charge in [0.1, 0.15) is 5.75 Å². The minimum Gasteiger partial charge on any atom is -0.426 e. The maximum atomic E-state index is 11.5. The molecule has 2 nitrogen and oxygen atoms in total. The van der Waals surface area contributed by atoms with E-state index in [1.54, 1.807) is 6.08 Å². The summed E-state index contributed by atoms with van der Waals surface area (Å²) in [6.07, 6.45) is 2.72. The maximum absolute atomic E-state index is 11.5. The number of carbonyl (C=O) groups is 1. The predicted octanol–water partition coefficient (Wildman–Crippen LogP) is 3.71. The maximum Gasteiger partial charge on any atom is 0.311 e. The number of hydrogen-bond donors (Lipinski definition) is 0. The molecule has 2 rings (SSSR count). The smallest absolute Gasteiger partial charge is 0.311 e. The van der Waals surface area contributed by atoms with Crippen LogP contribution in [0.4, 0.5) is 0 Å². The summed E-state index contributed by atoms with van der Waals surface area (Å²) in [7, 11) is 0. The summed E-state index contributed by atoms with van der Waals surface area (Å²) in [5.74, 6) is 0.401. The number of carbonyl (C=O) groups excluding carboxylic acids is 1. The molecule has 0 aliphatic rings. The molecule has 2 aromatic rings. The molecule has 0 saturated heterocycles. The minimum atomic E-state index is -0.221. The van der Waals surface area contributed by atoms with Crippen molar-refractivity contribution >= 4 is 16.7 Å². The summed E-state index contributed by atoms with van der Waals surface area (Å²) in [5.41, 5.74) is 0. The van der Waals surface area contributed by atoms with E-state index in [1.165, 1.54) is 0 Å². The Labute approximate surface area is 101 Å². The third kappa shape index (κ3) is 2.72. The van der Waals surface area contributed by atoms with E-state index in [0.717, 1.165) is 10.8 Å². The van der Waals surface area contributed by atoms with Crippen molar-refractivity contribution in [1.82, 2.24) is 0 Å². The van der Waals surface area contributed by atoms with Gasteiger partial charge in [0.05, 0.1) is 0 Å². The van der Waals surface area contributed by atoms with Crippen LogP contribution in [0.1, 0.15) is 12.8 Å². The van der Waals surface area contributed by atoms with E-state index >= 15 is 0 Å². The van der Waals surface area contributed by atoms with Crippen molar-refractivity contribution in [3.8, 4) is 5.75 Å². The van der Waals surface area contributed by atoms with Crippen LogP contribution in [0.5, 0.6) is 5.75 Å². The van der Waals surface area contributed by atoms with E-state index < -0.39 is 0 Å². The van der Waals surface area contributed by atoms with E-state index in [9.17, 15) is 4.79 Å². The standard InChI is InChI=1S/C15H14O2/c1-2-3-11-15(16)17-14-10-6-8-12-7-4-5-9-13(12)14/h2,4-10H,1,3,11H2. The van der Waals surface area contributed by atoms with Crippen molar-refractivity contribution in [1.29, 1.82) is 0 Å². The van der Waals surface area contributed by atoms with Gasteiger partial charge >= 0.3 is 5.97 Å². The van der Waals surface area contributed by atoms with Gasteiger partial charge in [0.15, 0.2) is 0 Å². The quantitative estimate of drug-likeness (QED) is 0.451. The second-order valence-corrected chi connectivity index (χ2v) is 3.78. The molecule has 0 aliphatic heterocycles. The topological polar surface area (TPSA) is 26.3 Å². The molecular formula is C15H14O2. The molecule has 2 aromatic carbocycles. The highest BCUT2D eigenvalue weighted by atomic mass is 16.5. The summed E-state index contributed by atoms with van der Waals surface area (Å²) >= 11 is 0. The second-order valence-electron chi connectivity index (χ2n) is 3.78. The molecule has 0 unspecified atom stereocenters. The molecule has 2 heteroatoms. The Balaban J connectivity index is 2.23. The molecular weight excluding hydrogens is 212 g/mol. The molecule has 0 aliphatic carbocycles. The highest BCUT2D eigenvalue weighted by Gasteiger charge is 2.06. The normalized spacial score (nSPS) is 10.1. The van der Waals surface area contributed by atoms with E-state index in [0.29, 0.717) is 18.6 Å². The summed E-state index contributed by atoms with van der Waals surface area (Å²) in [6, 6.07) is 13.5. The fourth-order valence-electron chi connectivity index (χ4n) is 1.68. The van der Waals surface area contributed by atoms with Gasteiger partial charge in [-0.1, -0.05) is 42.5 Å². The van der Waals surface area contributed by atoms with Gasteiger partial charge in [-0.2, -0.15) is 0 Å². The van der Waals surface area contributed by atoms with Crippen LogP contribution in [-0.2, 0) is 4.79 Å². The zero-order chi connectivity index (χ0) is 12.1. The third-order valence-corrected chi connectivity index (χ3v) is 2.53. The van der Waals surface area contributed by atoms with Crippen LogP contribution < -0.4 is 4.74 Å². The van der Waals surface area contributed by atoms with E-state index in [4.69, 9.17) is 4.74 Å². The van der Waals surface area contributed by atoms with Gasteiger partial charge in [0.2, 0.25) is 0 Å². The monoisotopic (exact) mass is 226 g/mol. The molecule has 86 valence electrons. The molecule has 0 aromatic heterocycles. The summed E-state index contributed by atoms with van der Waals surface area (Å²) in [5, 5.41) is 2.03. The molecule has 0 spiro atoms. The van der Waals surface area contributed by atoms with Crippen molar-refractivity contribution in [2.45, 2.75) is 12.8 Å². The average molecular weight is 226 g/mol. The Bertz CT molecular complexity index is 538. The fourth-order valence-corrected chi connectivity index (χ4v) is 1.68. The zero-order valence-corrected chi connectivity index (χ0v) is 9.56. The van der Waals surface area contributed by atoms with Gasteiger partial charge in [-0.15, -0.1) is 6.58 Å². The van der Waals surface area contributed by atoms with Gasteiger partial charge in [-0.3, -0.25) is 4.79 Å². The zero-order valence-electron chi connectivity index (χ0n) is 9.56. The fraction of sp³-hybridized carbons (Fsp3) is 0.133. The lowest BCUT2D eigenvalue weighted by Crippen LogP contribution is -2.07. The molecule has 0 saturated carbocycles. The Morgan fingerprint density at radius 3 is 2.76 bits per heavy atom. The lowest BCUT2D eigenvalue weighted by Gasteiger charge is -2.06. The predicted molar refractivity (Wildman–Crippen MR) is 69.0 cm³/mol. The summed E-state index contributed by atoms with van der Waals surface area (Å²) in [4.78, 5) is 11.5. The first-order valence-electron chi connectivity index (χ1n) is 5.60. The molecule has 0 radical (unpaired) electrons. The molecule has 0 heterocycles. The Morgan fingerprint density at radius 2 is 1.94 bits per heavy atom. The number of rotatable bonds is 4. The average Bonchev–Trinajstić information content (AvgIpc) is 2.37. The van der Waals surface area contributed by atoms with Crippen molar-refractivity contribution < 1.29 is 9.53 Å². The number of ether oxygens (including phenoxy) is 1. The number of benzene rings is 2. The van der Waals surface area contributed by atoms with Crippen LogP contribution in [0.15, 0.2) is 55.1 Å². The minimum absolute atomic E-state index is 0.221. The second kappa shape index (κ2) is 5.30. The molecule has 0 atom stereocenters. The van der Waals surface area contributed by atoms with E-state index in [-0.39, 0.29) is 5.97 Å². The van der Waals surface area contributed by atoms with Crippen LogP contribution in [0, 0.1) is 0 Å². The first-order chi connectivity index (χ1) is 8.31. The van der Waals surface area contributed by atoms with Gasteiger partial charge in [0, 0.05) is 11.8 Å². The largest absolute Gasteiger partial charge is 0.426 e. The highest BCUT2D eigenvalue weighted by molar-refractivity contribution is 5.90. The van der Waals surface area contributed by atoms with E-state index in [2.05, 4.69) is 6.58 Å². The number of allylic oxidation sites excluding steroid dienone is 1. The molecule has 0 bridgehead atoms. The molecule has 0 fully saturated rings. The Hall–Kier alpha value is -2.09. The number of fused-ring (bicyclic) bond motifs is 1. The summed E-state index contributed by atoms with van der Waals surface area (Å²) < 4.78 is 5.34. The summed E-state index contributed by atoms with van der Waals surface area (Å²) in [6.45, 7) is 3.58. The first kappa shape index (κ1) is 11.4. The van der Waals surface area contributed by atoms with Crippen LogP contribution >= 0.6 is 0 Å². The van der Waals surface area contributed by atoms with Crippen LogP contribution in [0.25, 0.3) is 10.8 Å². The van der Waals surface area contributed by atoms with Gasteiger partial charge in [-0.25, -0.2) is 0 Å². The molecule has 0 amide bonds. The van der Waals surface area contributed by atoms with Crippen molar-refractivity contribution in [2.75, 3.05) is 0 Å². The van der Waals surface area contributed by atoms with Crippen LogP contribution in [-0.4, -0.2) is 5.97 Å². The number of hydrogen-bond acceptors (Lipinski definition) is 2. The Morgan fingerprint density at radius 1 is 1.18 bits per heavy atom.